The average molecular weight is 601 g/mol. The summed E-state index contributed by atoms with van der Waals surface area (Å²) in [7, 11) is 0. The smallest absolute Gasteiger partial charge is 0.412 e. The van der Waals surface area contributed by atoms with Crippen molar-refractivity contribution < 1.29 is 23.9 Å². The van der Waals surface area contributed by atoms with E-state index < -0.39 is 11.7 Å². The Labute approximate surface area is 259 Å². The highest BCUT2D eigenvalue weighted by Crippen LogP contribution is 2.66. The van der Waals surface area contributed by atoms with Gasteiger partial charge in [-0.3, -0.25) is 19.7 Å². The van der Waals surface area contributed by atoms with Crippen LogP contribution in [0.5, 0.6) is 0 Å². The molecule has 8 rings (SSSR count). The van der Waals surface area contributed by atoms with Gasteiger partial charge in [-0.05, 0) is 93.1 Å². The Morgan fingerprint density at radius 3 is 2.53 bits per heavy atom. The molecular weight excluding hydrogens is 568 g/mol. The molecule has 3 amide bonds. The molecule has 2 atom stereocenters. The van der Waals surface area contributed by atoms with Crippen LogP contribution in [0.2, 0.25) is 0 Å². The lowest BCUT2D eigenvalue weighted by molar-refractivity contribution is 0.0635. The Kier molecular flexibility index (Phi) is 5.72. The van der Waals surface area contributed by atoms with Gasteiger partial charge in [-0.15, -0.1) is 0 Å². The maximum Gasteiger partial charge on any atom is 0.412 e. The summed E-state index contributed by atoms with van der Waals surface area (Å²) < 4.78 is 5.30. The summed E-state index contributed by atoms with van der Waals surface area (Å²) in [5.74, 6) is -0.0162. The van der Waals surface area contributed by atoms with Crippen LogP contribution in [0.3, 0.4) is 0 Å². The summed E-state index contributed by atoms with van der Waals surface area (Å²) in [5.41, 5.74) is 5.93. The summed E-state index contributed by atoms with van der Waals surface area (Å²) in [6.07, 6.45) is 2.73. The van der Waals surface area contributed by atoms with Crippen LogP contribution >= 0.6 is 0 Å². The number of H-pyrrole nitrogens is 1. The zero-order valence-corrected chi connectivity index (χ0v) is 25.3. The summed E-state index contributed by atoms with van der Waals surface area (Å²) >= 11 is 0. The number of ether oxygens (including phenoxy) is 1. The van der Waals surface area contributed by atoms with Crippen molar-refractivity contribution >= 4 is 46.0 Å². The molecule has 1 saturated heterocycles. The number of carbonyl (C=O) groups excluding carboxylic acids is 4. The topological polar surface area (TPSA) is 112 Å². The van der Waals surface area contributed by atoms with Crippen molar-refractivity contribution in [3.05, 3.63) is 106 Å². The first kappa shape index (κ1) is 27.4. The minimum atomic E-state index is -0.611. The van der Waals surface area contributed by atoms with Crippen molar-refractivity contribution in [2.24, 2.45) is 5.92 Å². The van der Waals surface area contributed by atoms with E-state index in [2.05, 4.69) is 10.3 Å². The van der Waals surface area contributed by atoms with Crippen molar-refractivity contribution in [1.82, 2.24) is 9.88 Å². The molecule has 226 valence electrons. The van der Waals surface area contributed by atoms with E-state index in [1.54, 1.807) is 60.9 Å². The van der Waals surface area contributed by atoms with Gasteiger partial charge in [0.1, 0.15) is 11.3 Å². The number of carbonyl (C=O) groups is 4. The van der Waals surface area contributed by atoms with Crippen LogP contribution in [0.15, 0.2) is 78.5 Å². The molecule has 3 heterocycles. The van der Waals surface area contributed by atoms with Gasteiger partial charge in [-0.2, -0.15) is 0 Å². The van der Waals surface area contributed by atoms with E-state index in [-0.39, 0.29) is 23.0 Å². The molecule has 0 bridgehead atoms. The Bertz CT molecular complexity index is 2000. The van der Waals surface area contributed by atoms with E-state index in [4.69, 9.17) is 4.74 Å². The molecule has 2 aliphatic heterocycles. The first-order valence-corrected chi connectivity index (χ1v) is 15.3. The highest BCUT2D eigenvalue weighted by Gasteiger charge is 2.67. The molecule has 0 radical (unpaired) electrons. The number of piperidine rings is 1. The number of hydrogen-bond acceptors (Lipinski definition) is 5. The number of likely N-dealkylation sites (tertiary alicyclic amines) is 1. The van der Waals surface area contributed by atoms with Gasteiger partial charge in [0.2, 0.25) is 0 Å². The number of aromatic nitrogens is 1. The van der Waals surface area contributed by atoms with Crippen LogP contribution in [-0.4, -0.2) is 52.3 Å². The molecule has 1 spiro atoms. The fourth-order valence-corrected chi connectivity index (χ4v) is 7.44. The zero-order valence-electron chi connectivity index (χ0n) is 25.3. The SMILES string of the molecule is CC(C)(C)OC(=O)Nc1ccc(C(=O)N2CCc3c2ccc2[nH]c(C(=O)N4CC5CC56C4=CC(=O)c4ccccc46)cc32)cc1. The Balaban J connectivity index is 1.03. The number of benzene rings is 3. The molecule has 2 fully saturated rings. The lowest BCUT2D eigenvalue weighted by atomic mass is 9.81. The summed E-state index contributed by atoms with van der Waals surface area (Å²) in [5, 5.41) is 3.61. The summed E-state index contributed by atoms with van der Waals surface area (Å²) in [4.78, 5) is 59.4. The number of ketones is 1. The molecule has 1 aromatic heterocycles. The van der Waals surface area contributed by atoms with E-state index in [0.29, 0.717) is 42.4 Å². The third kappa shape index (κ3) is 4.21. The highest BCUT2D eigenvalue weighted by atomic mass is 16.6. The molecule has 9 nitrogen and oxygen atoms in total. The highest BCUT2D eigenvalue weighted by molar-refractivity contribution is 6.11. The number of aromatic amines is 1. The first-order chi connectivity index (χ1) is 21.5. The fraction of sp³-hybridized carbons (Fsp3) is 0.278. The van der Waals surface area contributed by atoms with Crippen molar-refractivity contribution in [2.75, 3.05) is 23.3 Å². The quantitative estimate of drug-likeness (QED) is 0.290. The number of allylic oxidation sites excluding steroid dienone is 2. The van der Waals surface area contributed by atoms with Crippen molar-refractivity contribution in [1.29, 1.82) is 0 Å². The minimum absolute atomic E-state index is 0.0512. The number of nitrogens with zero attached hydrogens (tertiary/aromatic N) is 2. The van der Waals surface area contributed by atoms with Crippen LogP contribution in [-0.2, 0) is 16.6 Å². The molecule has 2 aliphatic carbocycles. The van der Waals surface area contributed by atoms with Crippen LogP contribution in [0.1, 0.15) is 69.5 Å². The second kappa shape index (κ2) is 9.41. The largest absolute Gasteiger partial charge is 0.444 e. The molecular formula is C36H32N4O5. The maximum absolute atomic E-state index is 13.9. The Morgan fingerprint density at radius 1 is 0.978 bits per heavy atom. The van der Waals surface area contributed by atoms with Gasteiger partial charge in [0.05, 0.1) is 0 Å². The van der Waals surface area contributed by atoms with Gasteiger partial charge < -0.3 is 19.5 Å². The lowest BCUT2D eigenvalue weighted by Crippen LogP contribution is -2.33. The predicted octanol–water partition coefficient (Wildman–Crippen LogP) is 6.21. The van der Waals surface area contributed by atoms with E-state index in [1.165, 1.54) is 0 Å². The third-order valence-corrected chi connectivity index (χ3v) is 9.46. The van der Waals surface area contributed by atoms with Gasteiger partial charge in [0.25, 0.3) is 11.8 Å². The predicted molar refractivity (Wildman–Crippen MR) is 170 cm³/mol. The van der Waals surface area contributed by atoms with E-state index in [9.17, 15) is 19.2 Å². The van der Waals surface area contributed by atoms with Crippen molar-refractivity contribution in [3.63, 3.8) is 0 Å². The first-order valence-electron chi connectivity index (χ1n) is 15.3. The fourth-order valence-electron chi connectivity index (χ4n) is 7.44. The van der Waals surface area contributed by atoms with Crippen LogP contribution in [0.4, 0.5) is 16.2 Å². The van der Waals surface area contributed by atoms with Gasteiger partial charge in [-0.25, -0.2) is 4.79 Å². The van der Waals surface area contributed by atoms with Gasteiger partial charge in [0, 0.05) is 63.7 Å². The Morgan fingerprint density at radius 2 is 1.76 bits per heavy atom. The number of nitrogens with one attached hydrogen (secondary N) is 2. The molecule has 4 aromatic rings. The van der Waals surface area contributed by atoms with Gasteiger partial charge >= 0.3 is 6.09 Å². The molecule has 3 aromatic carbocycles. The summed E-state index contributed by atoms with van der Waals surface area (Å²) in [6, 6.07) is 20.2. The monoisotopic (exact) mass is 600 g/mol. The summed E-state index contributed by atoms with van der Waals surface area (Å²) in [6.45, 7) is 6.49. The number of hydrogen-bond donors (Lipinski definition) is 2. The number of anilines is 2. The lowest BCUT2D eigenvalue weighted by Gasteiger charge is -2.29. The normalized spacial score (nSPS) is 21.1. The van der Waals surface area contributed by atoms with E-state index in [1.807, 2.05) is 42.5 Å². The average Bonchev–Trinajstić information content (AvgIpc) is 3.30. The molecule has 2 N–H and O–H groups in total. The maximum atomic E-state index is 13.9. The van der Waals surface area contributed by atoms with Gasteiger partial charge in [-0.1, -0.05) is 24.3 Å². The second-order valence-electron chi connectivity index (χ2n) is 13.3. The van der Waals surface area contributed by atoms with Crippen LogP contribution in [0.25, 0.3) is 10.9 Å². The van der Waals surface area contributed by atoms with Gasteiger partial charge in [0.15, 0.2) is 5.78 Å². The zero-order chi connectivity index (χ0) is 31.2. The molecule has 2 unspecified atom stereocenters. The second-order valence-corrected chi connectivity index (χ2v) is 13.3. The molecule has 45 heavy (non-hydrogen) atoms. The number of fused-ring (bicyclic) bond motifs is 4. The number of rotatable bonds is 3. The minimum Gasteiger partial charge on any atom is -0.444 e. The van der Waals surface area contributed by atoms with E-state index >= 15 is 0 Å². The van der Waals surface area contributed by atoms with Crippen LogP contribution in [0, 0.1) is 5.92 Å². The molecule has 9 heteroatoms. The van der Waals surface area contributed by atoms with Crippen molar-refractivity contribution in [3.8, 4) is 0 Å². The Hall–Kier alpha value is -5.18. The third-order valence-electron chi connectivity index (χ3n) is 9.46. The number of amides is 3. The standard InChI is InChI=1S/C36H32N4O5/c1-35(2,3)45-34(44)37-22-10-8-20(9-11-22)32(42)39-15-14-23-25-16-28(38-27(25)12-13-29(23)39)33(43)40-19-21-18-36(21)26-7-5-4-6-24(26)30(41)17-31(36)40/h4-13,16-17,21,38H,14-15,18-19H2,1-3H3,(H,37,44). The van der Waals surface area contributed by atoms with E-state index in [0.717, 1.165) is 45.4 Å². The molecule has 4 aliphatic rings. The molecule has 1 saturated carbocycles. The van der Waals surface area contributed by atoms with Crippen molar-refractivity contribution in [2.45, 2.75) is 44.6 Å². The van der Waals surface area contributed by atoms with Crippen LogP contribution < -0.4 is 10.2 Å².